The van der Waals surface area contributed by atoms with E-state index in [1.807, 2.05) is 24.3 Å². The van der Waals surface area contributed by atoms with Crippen molar-refractivity contribution in [2.24, 2.45) is 0 Å². The molecule has 0 saturated carbocycles. The van der Waals surface area contributed by atoms with Crippen LogP contribution in [0.15, 0.2) is 24.3 Å². The lowest BCUT2D eigenvalue weighted by Crippen LogP contribution is -1.71. The monoisotopic (exact) mass is 167 g/mol. The topological polar surface area (TPSA) is 12.9 Å². The Morgan fingerprint density at radius 2 is 2.18 bits per heavy atom. The summed E-state index contributed by atoms with van der Waals surface area (Å²) >= 11 is 1.41. The van der Waals surface area contributed by atoms with E-state index >= 15 is 0 Å². The number of hydrogen-bond acceptors (Lipinski definition) is 2. The maximum absolute atomic E-state index is 12.1. The number of aromatic nitrogens is 1. The average Bonchev–Trinajstić information content (AvgIpc) is 2.46. The fraction of sp³-hybridized carbons (Fsp3) is 0.125. The minimum absolute atomic E-state index is 0.459. The molecule has 1 nitrogen and oxygen atoms in total. The quantitative estimate of drug-likeness (QED) is 0.636. The van der Waals surface area contributed by atoms with Crippen molar-refractivity contribution in [3.63, 3.8) is 0 Å². The van der Waals surface area contributed by atoms with Crippen LogP contribution >= 0.6 is 11.3 Å². The predicted octanol–water partition coefficient (Wildman–Crippen LogP) is 2.77. The number of rotatable bonds is 1. The summed E-state index contributed by atoms with van der Waals surface area (Å²) in [6.07, 6.45) is 0. The third-order valence-corrected chi connectivity index (χ3v) is 2.45. The van der Waals surface area contributed by atoms with Crippen molar-refractivity contribution in [1.82, 2.24) is 4.98 Å². The zero-order valence-electron chi connectivity index (χ0n) is 5.75. The summed E-state index contributed by atoms with van der Waals surface area (Å²) in [4.78, 5) is 4.07. The van der Waals surface area contributed by atoms with E-state index in [9.17, 15) is 4.39 Å². The third-order valence-electron chi connectivity index (χ3n) is 1.45. The molecule has 11 heavy (non-hydrogen) atoms. The molecule has 0 radical (unpaired) electrons. The second kappa shape index (κ2) is 2.58. The molecule has 56 valence electrons. The molecule has 0 bridgehead atoms. The van der Waals surface area contributed by atoms with Gasteiger partial charge in [-0.1, -0.05) is 12.1 Å². The Morgan fingerprint density at radius 3 is 2.91 bits per heavy atom. The van der Waals surface area contributed by atoms with E-state index in [1.54, 1.807) is 0 Å². The molecule has 0 spiro atoms. The lowest BCUT2D eigenvalue weighted by molar-refractivity contribution is 0.484. The van der Waals surface area contributed by atoms with Crippen molar-refractivity contribution in [3.05, 3.63) is 29.3 Å². The van der Waals surface area contributed by atoms with Gasteiger partial charge in [-0.25, -0.2) is 9.37 Å². The van der Waals surface area contributed by atoms with E-state index in [4.69, 9.17) is 0 Å². The molecule has 1 aromatic heterocycles. The Hall–Kier alpha value is -0.960. The Balaban J connectivity index is 2.69. The summed E-state index contributed by atoms with van der Waals surface area (Å²) in [7, 11) is 0. The maximum atomic E-state index is 12.1. The van der Waals surface area contributed by atoms with Crippen LogP contribution in [0.4, 0.5) is 4.39 Å². The van der Waals surface area contributed by atoms with Gasteiger partial charge < -0.3 is 0 Å². The highest BCUT2D eigenvalue weighted by Gasteiger charge is 2.00. The Kier molecular flexibility index (Phi) is 1.58. The molecule has 0 aliphatic carbocycles. The van der Waals surface area contributed by atoms with E-state index in [0.717, 1.165) is 10.2 Å². The van der Waals surface area contributed by atoms with Gasteiger partial charge in [-0.15, -0.1) is 11.3 Å². The lowest BCUT2D eigenvalue weighted by Gasteiger charge is -1.80. The standard InChI is InChI=1S/C8H6FNS/c9-5-8-10-6-3-1-2-4-7(6)11-8/h1-4H,5H2. The van der Waals surface area contributed by atoms with Crippen molar-refractivity contribution in [3.8, 4) is 0 Å². The minimum Gasteiger partial charge on any atom is -0.243 e. The first kappa shape index (κ1) is 6.73. The second-order valence-electron chi connectivity index (χ2n) is 2.21. The number of thiazole rings is 1. The molecule has 1 aromatic carbocycles. The van der Waals surface area contributed by atoms with Gasteiger partial charge in [-0.3, -0.25) is 0 Å². The highest BCUT2D eigenvalue weighted by atomic mass is 32.1. The Bertz CT molecular complexity index is 336. The zero-order valence-corrected chi connectivity index (χ0v) is 6.57. The van der Waals surface area contributed by atoms with Gasteiger partial charge in [0.2, 0.25) is 0 Å². The summed E-state index contributed by atoms with van der Waals surface area (Å²) < 4.78 is 13.2. The third kappa shape index (κ3) is 1.12. The smallest absolute Gasteiger partial charge is 0.141 e. The summed E-state index contributed by atoms with van der Waals surface area (Å²) in [5, 5.41) is 0.561. The molecule has 3 heteroatoms. The number of halogens is 1. The van der Waals surface area contributed by atoms with Gasteiger partial charge in [0.1, 0.15) is 11.7 Å². The van der Waals surface area contributed by atoms with Gasteiger partial charge in [0.05, 0.1) is 10.2 Å². The summed E-state index contributed by atoms with van der Waals surface area (Å²) in [5.41, 5.74) is 0.894. The molecule has 2 rings (SSSR count). The molecule has 0 saturated heterocycles. The van der Waals surface area contributed by atoms with Gasteiger partial charge in [0.15, 0.2) is 0 Å². The van der Waals surface area contributed by atoms with E-state index in [-0.39, 0.29) is 0 Å². The largest absolute Gasteiger partial charge is 0.243 e. The maximum Gasteiger partial charge on any atom is 0.141 e. The van der Waals surface area contributed by atoms with Crippen LogP contribution in [-0.2, 0) is 6.67 Å². The minimum atomic E-state index is -0.459. The molecule has 2 aromatic rings. The lowest BCUT2D eigenvalue weighted by atomic mass is 10.3. The molecule has 0 amide bonds. The average molecular weight is 167 g/mol. The van der Waals surface area contributed by atoms with Gasteiger partial charge >= 0.3 is 0 Å². The normalized spacial score (nSPS) is 10.6. The van der Waals surface area contributed by atoms with E-state index in [0.29, 0.717) is 5.01 Å². The van der Waals surface area contributed by atoms with Gasteiger partial charge in [-0.05, 0) is 12.1 Å². The fourth-order valence-corrected chi connectivity index (χ4v) is 1.79. The van der Waals surface area contributed by atoms with Crippen molar-refractivity contribution in [1.29, 1.82) is 0 Å². The molecule has 0 aliphatic heterocycles. The molecule has 1 heterocycles. The van der Waals surface area contributed by atoms with E-state index < -0.39 is 6.67 Å². The first-order valence-corrected chi connectivity index (χ1v) is 4.12. The van der Waals surface area contributed by atoms with E-state index in [1.165, 1.54) is 11.3 Å². The molecule has 0 N–H and O–H groups in total. The van der Waals surface area contributed by atoms with E-state index in [2.05, 4.69) is 4.98 Å². The number of fused-ring (bicyclic) bond motifs is 1. The first-order valence-electron chi connectivity index (χ1n) is 3.30. The summed E-state index contributed by atoms with van der Waals surface area (Å²) in [6.45, 7) is -0.459. The highest BCUT2D eigenvalue weighted by Crippen LogP contribution is 2.21. The van der Waals surface area contributed by atoms with Crippen LogP contribution in [0.5, 0.6) is 0 Å². The number of hydrogen-bond donors (Lipinski definition) is 0. The highest BCUT2D eigenvalue weighted by molar-refractivity contribution is 7.18. The van der Waals surface area contributed by atoms with Crippen LogP contribution in [0, 0.1) is 0 Å². The molecular weight excluding hydrogens is 161 g/mol. The predicted molar refractivity (Wildman–Crippen MR) is 44.4 cm³/mol. The zero-order chi connectivity index (χ0) is 7.68. The van der Waals surface area contributed by atoms with Crippen molar-refractivity contribution in [2.45, 2.75) is 6.67 Å². The van der Waals surface area contributed by atoms with Crippen LogP contribution in [0.25, 0.3) is 10.2 Å². The first-order chi connectivity index (χ1) is 5.40. The van der Waals surface area contributed by atoms with Crippen molar-refractivity contribution < 1.29 is 4.39 Å². The number of alkyl halides is 1. The molecule has 0 aliphatic rings. The van der Waals surface area contributed by atoms with Gasteiger partial charge in [-0.2, -0.15) is 0 Å². The van der Waals surface area contributed by atoms with Crippen LogP contribution < -0.4 is 0 Å². The summed E-state index contributed by atoms with van der Waals surface area (Å²) in [6, 6.07) is 7.68. The molecular formula is C8H6FNS. The Morgan fingerprint density at radius 1 is 1.36 bits per heavy atom. The Labute approximate surface area is 67.5 Å². The summed E-state index contributed by atoms with van der Waals surface area (Å²) in [5.74, 6) is 0. The number of nitrogens with zero attached hydrogens (tertiary/aromatic N) is 1. The SMILES string of the molecule is FCc1nc2ccccc2s1. The molecule has 0 atom stereocenters. The molecule has 0 fully saturated rings. The van der Waals surface area contributed by atoms with Crippen LogP contribution in [-0.4, -0.2) is 4.98 Å². The number of benzene rings is 1. The van der Waals surface area contributed by atoms with Crippen LogP contribution in [0.1, 0.15) is 5.01 Å². The van der Waals surface area contributed by atoms with Crippen LogP contribution in [0.3, 0.4) is 0 Å². The van der Waals surface area contributed by atoms with Crippen molar-refractivity contribution >= 4 is 21.6 Å². The van der Waals surface area contributed by atoms with Gasteiger partial charge in [0, 0.05) is 0 Å². The van der Waals surface area contributed by atoms with Crippen molar-refractivity contribution in [2.75, 3.05) is 0 Å². The molecule has 0 unspecified atom stereocenters. The fourth-order valence-electron chi connectivity index (χ4n) is 0.977. The van der Waals surface area contributed by atoms with Crippen LogP contribution in [0.2, 0.25) is 0 Å². The number of para-hydroxylation sites is 1. The second-order valence-corrected chi connectivity index (χ2v) is 3.32. The van der Waals surface area contributed by atoms with Gasteiger partial charge in [0.25, 0.3) is 0 Å².